The van der Waals surface area contributed by atoms with E-state index in [0.717, 1.165) is 58.3 Å². The zero-order valence-electron chi connectivity index (χ0n) is 16.3. The van der Waals surface area contributed by atoms with Crippen LogP contribution in [-0.4, -0.2) is 40.0 Å². The summed E-state index contributed by atoms with van der Waals surface area (Å²) in [4.78, 5) is 8.16. The molecule has 6 heteroatoms. The second-order valence-corrected chi connectivity index (χ2v) is 9.57. The van der Waals surface area contributed by atoms with Gasteiger partial charge in [0.05, 0.1) is 16.3 Å². The van der Waals surface area contributed by atoms with Crippen LogP contribution in [-0.2, 0) is 17.3 Å². The van der Waals surface area contributed by atoms with Gasteiger partial charge in [-0.15, -0.1) is 0 Å². The van der Waals surface area contributed by atoms with Crippen LogP contribution in [0.25, 0.3) is 10.9 Å². The van der Waals surface area contributed by atoms with Gasteiger partial charge in [-0.2, -0.15) is 11.8 Å². The van der Waals surface area contributed by atoms with Crippen LogP contribution in [0.3, 0.4) is 0 Å². The smallest absolute Gasteiger partial charge is 0.131 e. The summed E-state index contributed by atoms with van der Waals surface area (Å²) in [6.07, 6.45) is 2.12. The topological polar surface area (TPSA) is 45.2 Å². The van der Waals surface area contributed by atoms with Gasteiger partial charge in [-0.3, -0.25) is 4.21 Å². The number of hydrogen-bond acceptors (Lipinski definition) is 5. The highest BCUT2D eigenvalue weighted by molar-refractivity contribution is 7.98. The van der Waals surface area contributed by atoms with E-state index in [4.69, 9.17) is 4.98 Å². The highest BCUT2D eigenvalue weighted by Gasteiger charge is 2.21. The van der Waals surface area contributed by atoms with Crippen LogP contribution >= 0.6 is 11.8 Å². The van der Waals surface area contributed by atoms with E-state index in [-0.39, 0.29) is 0 Å². The van der Waals surface area contributed by atoms with Gasteiger partial charge in [-0.25, -0.2) is 4.98 Å². The number of benzene rings is 2. The van der Waals surface area contributed by atoms with Gasteiger partial charge in [0, 0.05) is 53.2 Å². The van der Waals surface area contributed by atoms with Crippen molar-refractivity contribution in [1.29, 1.82) is 0 Å². The molecule has 1 atom stereocenters. The van der Waals surface area contributed by atoms with Crippen molar-refractivity contribution in [3.63, 3.8) is 0 Å². The zero-order chi connectivity index (χ0) is 19.5. The van der Waals surface area contributed by atoms with E-state index in [1.54, 1.807) is 0 Å². The lowest BCUT2D eigenvalue weighted by Gasteiger charge is -2.23. The van der Waals surface area contributed by atoms with Crippen molar-refractivity contribution in [1.82, 2.24) is 4.98 Å². The van der Waals surface area contributed by atoms with E-state index < -0.39 is 10.8 Å². The van der Waals surface area contributed by atoms with E-state index in [2.05, 4.69) is 53.7 Å². The van der Waals surface area contributed by atoms with Crippen LogP contribution in [0, 0.1) is 6.92 Å². The summed E-state index contributed by atoms with van der Waals surface area (Å²) < 4.78 is 12.6. The first-order chi connectivity index (χ1) is 13.7. The molecular weight excluding hydrogens is 386 g/mol. The number of hydrogen-bond donors (Lipinski definition) is 1. The largest absolute Gasteiger partial charge is 0.384 e. The second kappa shape index (κ2) is 8.53. The summed E-state index contributed by atoms with van der Waals surface area (Å²) in [6.45, 7) is 4.49. The third kappa shape index (κ3) is 4.03. The van der Waals surface area contributed by atoms with Gasteiger partial charge in [0.25, 0.3) is 0 Å². The fraction of sp³-hybridized carbons (Fsp3) is 0.318. The van der Waals surface area contributed by atoms with E-state index in [1.165, 1.54) is 5.56 Å². The molecule has 0 saturated carbocycles. The molecule has 1 aliphatic heterocycles. The number of nitrogens with one attached hydrogen (secondary N) is 1. The van der Waals surface area contributed by atoms with Crippen molar-refractivity contribution in [2.45, 2.75) is 18.4 Å². The average Bonchev–Trinajstić information content (AvgIpc) is 2.87. The quantitative estimate of drug-likeness (QED) is 0.629. The molecular formula is C22H25N3OS2. The number of rotatable bonds is 5. The maximum Gasteiger partial charge on any atom is 0.131 e. The standard InChI is InChI=1S/C22H25N3OS2/c1-16-7-8-19-18(13-16)20(23-9-11-27-2)14-22(24-19)25-10-12-28(26)21-6-4-3-5-17(21)15-25/h3-8,13-14H,9-12,15H2,1-2H3,(H,23,24). The lowest BCUT2D eigenvalue weighted by molar-refractivity contribution is 0.683. The molecule has 0 aliphatic carbocycles. The number of pyridine rings is 1. The molecule has 146 valence electrons. The Morgan fingerprint density at radius 2 is 2.07 bits per heavy atom. The number of aromatic nitrogens is 1. The van der Waals surface area contributed by atoms with E-state index in [0.29, 0.717) is 5.75 Å². The van der Waals surface area contributed by atoms with Crippen LogP contribution in [0.1, 0.15) is 11.1 Å². The summed E-state index contributed by atoms with van der Waals surface area (Å²) in [5, 5.41) is 4.75. The molecule has 2 aromatic carbocycles. The van der Waals surface area contributed by atoms with Crippen molar-refractivity contribution < 1.29 is 4.21 Å². The number of nitrogens with zero attached hydrogens (tertiary/aromatic N) is 2. The van der Waals surface area contributed by atoms with Crippen molar-refractivity contribution >= 4 is 45.0 Å². The predicted octanol–water partition coefficient (Wildman–Crippen LogP) is 4.45. The van der Waals surface area contributed by atoms with Crippen LogP contribution in [0.4, 0.5) is 11.5 Å². The first-order valence-electron chi connectivity index (χ1n) is 9.51. The molecule has 0 bridgehead atoms. The molecule has 1 aliphatic rings. The number of fused-ring (bicyclic) bond motifs is 2. The summed E-state index contributed by atoms with van der Waals surface area (Å²) >= 11 is 1.83. The fourth-order valence-electron chi connectivity index (χ4n) is 3.56. The number of anilines is 2. The van der Waals surface area contributed by atoms with E-state index >= 15 is 0 Å². The molecule has 1 unspecified atom stereocenters. The van der Waals surface area contributed by atoms with E-state index in [9.17, 15) is 4.21 Å². The Morgan fingerprint density at radius 1 is 1.21 bits per heavy atom. The van der Waals surface area contributed by atoms with Crippen LogP contribution in [0.15, 0.2) is 53.4 Å². The minimum absolute atomic E-state index is 0.625. The van der Waals surface area contributed by atoms with Gasteiger partial charge < -0.3 is 10.2 Å². The van der Waals surface area contributed by atoms with Crippen molar-refractivity contribution in [3.05, 3.63) is 59.7 Å². The summed E-state index contributed by atoms with van der Waals surface area (Å²) in [7, 11) is -0.956. The Bertz CT molecular complexity index is 1020. The highest BCUT2D eigenvalue weighted by Crippen LogP contribution is 2.30. The van der Waals surface area contributed by atoms with Gasteiger partial charge in [0.2, 0.25) is 0 Å². The number of thioether (sulfide) groups is 1. The predicted molar refractivity (Wildman–Crippen MR) is 122 cm³/mol. The summed E-state index contributed by atoms with van der Waals surface area (Å²) in [5.41, 5.74) is 4.47. The molecule has 28 heavy (non-hydrogen) atoms. The fourth-order valence-corrected chi connectivity index (χ4v) is 5.13. The van der Waals surface area contributed by atoms with Gasteiger partial charge in [0.1, 0.15) is 5.82 Å². The summed E-state index contributed by atoms with van der Waals surface area (Å²) in [5.74, 6) is 2.62. The molecule has 0 saturated heterocycles. The molecule has 0 fully saturated rings. The molecule has 0 amide bonds. The van der Waals surface area contributed by atoms with Gasteiger partial charge in [-0.05, 0) is 36.9 Å². The maximum absolute atomic E-state index is 12.6. The Labute approximate surface area is 173 Å². The molecule has 0 spiro atoms. The second-order valence-electron chi connectivity index (χ2n) is 7.05. The number of aryl methyl sites for hydroxylation is 1. The van der Waals surface area contributed by atoms with E-state index in [1.807, 2.05) is 30.0 Å². The van der Waals surface area contributed by atoms with Crippen LogP contribution in [0.2, 0.25) is 0 Å². The monoisotopic (exact) mass is 411 g/mol. The van der Waals surface area contributed by atoms with Crippen LogP contribution < -0.4 is 10.2 Å². The van der Waals surface area contributed by atoms with Crippen molar-refractivity contribution in [3.8, 4) is 0 Å². The normalized spacial score (nSPS) is 16.6. The molecule has 3 aromatic rings. The van der Waals surface area contributed by atoms with Crippen LogP contribution in [0.5, 0.6) is 0 Å². The average molecular weight is 412 g/mol. The Kier molecular flexibility index (Phi) is 5.87. The molecule has 0 radical (unpaired) electrons. The third-order valence-corrected chi connectivity index (χ3v) is 7.08. The molecule has 4 nitrogen and oxygen atoms in total. The Balaban J connectivity index is 1.74. The molecule has 2 heterocycles. The minimum Gasteiger partial charge on any atom is -0.384 e. The first kappa shape index (κ1) is 19.3. The molecule has 4 rings (SSSR count). The Morgan fingerprint density at radius 3 is 2.93 bits per heavy atom. The SMILES string of the molecule is CSCCNc1cc(N2CCS(=O)c3ccccc3C2)nc2ccc(C)cc12. The van der Waals surface area contributed by atoms with Gasteiger partial charge >= 0.3 is 0 Å². The zero-order valence-corrected chi connectivity index (χ0v) is 17.9. The lowest BCUT2D eigenvalue weighted by atomic mass is 10.1. The molecule has 1 aromatic heterocycles. The molecule has 1 N–H and O–H groups in total. The van der Waals surface area contributed by atoms with Crippen molar-refractivity contribution in [2.24, 2.45) is 0 Å². The van der Waals surface area contributed by atoms with Crippen molar-refractivity contribution in [2.75, 3.05) is 41.1 Å². The van der Waals surface area contributed by atoms with Gasteiger partial charge in [-0.1, -0.05) is 29.8 Å². The summed E-state index contributed by atoms with van der Waals surface area (Å²) in [6, 6.07) is 16.6. The highest BCUT2D eigenvalue weighted by atomic mass is 32.2. The Hall–Kier alpha value is -2.05. The van der Waals surface area contributed by atoms with Gasteiger partial charge in [0.15, 0.2) is 0 Å². The minimum atomic E-state index is -0.956. The first-order valence-corrected chi connectivity index (χ1v) is 12.2. The lowest BCUT2D eigenvalue weighted by Crippen LogP contribution is -2.26. The third-order valence-electron chi connectivity index (χ3n) is 5.02. The maximum atomic E-state index is 12.6.